The van der Waals surface area contributed by atoms with Gasteiger partial charge in [0, 0.05) is 43.2 Å². The third-order valence-corrected chi connectivity index (χ3v) is 6.79. The molecule has 0 radical (unpaired) electrons. The Morgan fingerprint density at radius 1 is 0.556 bits per heavy atom. The van der Waals surface area contributed by atoms with Crippen molar-refractivity contribution >= 4 is 28.4 Å². The second-order valence-electron chi connectivity index (χ2n) is 9.07. The number of para-hydroxylation sites is 5. The fraction of sp³-hybridized carbons (Fsp3) is 0.125. The highest BCUT2D eigenvalue weighted by molar-refractivity contribution is 5.97. The lowest BCUT2D eigenvalue weighted by Gasteiger charge is -2.40. The van der Waals surface area contributed by atoms with Crippen molar-refractivity contribution in [2.45, 2.75) is 19.4 Å². The van der Waals surface area contributed by atoms with Gasteiger partial charge in [-0.1, -0.05) is 42.5 Å². The molecule has 4 heteroatoms. The minimum absolute atomic E-state index is 0.978. The Hall–Kier alpha value is -4.44. The van der Waals surface area contributed by atoms with Crippen LogP contribution in [0.15, 0.2) is 128 Å². The molecule has 0 fully saturated rings. The molecule has 3 aromatic carbocycles. The predicted octanol–water partition coefficient (Wildman–Crippen LogP) is 7.44. The summed E-state index contributed by atoms with van der Waals surface area (Å²) in [6.07, 6.45) is 10.3. The number of rotatable bonds is 7. The summed E-state index contributed by atoms with van der Waals surface area (Å²) in [5.41, 5.74) is 8.57. The van der Waals surface area contributed by atoms with E-state index >= 15 is 0 Å². The molecule has 0 atom stereocenters. The highest BCUT2D eigenvalue weighted by atomic mass is 15.3. The van der Waals surface area contributed by atoms with Crippen LogP contribution in [0.1, 0.15) is 12.8 Å². The van der Waals surface area contributed by atoms with Gasteiger partial charge >= 0.3 is 0 Å². The second kappa shape index (κ2) is 10.0. The first kappa shape index (κ1) is 22.1. The number of pyridine rings is 2. The predicted molar refractivity (Wildman–Crippen MR) is 147 cm³/mol. The molecule has 0 spiro atoms. The summed E-state index contributed by atoms with van der Waals surface area (Å²) in [5, 5.41) is 0. The lowest BCUT2D eigenvalue weighted by molar-refractivity contribution is -0.697. The quantitative estimate of drug-likeness (QED) is 0.183. The van der Waals surface area contributed by atoms with Crippen molar-refractivity contribution in [2.24, 2.45) is 0 Å². The molecule has 0 saturated carbocycles. The van der Waals surface area contributed by atoms with Gasteiger partial charge in [-0.05, 0) is 66.1 Å². The molecule has 1 aliphatic rings. The van der Waals surface area contributed by atoms with E-state index in [4.69, 9.17) is 0 Å². The summed E-state index contributed by atoms with van der Waals surface area (Å²) in [5.74, 6) is 0. The zero-order valence-electron chi connectivity index (χ0n) is 20.2. The van der Waals surface area contributed by atoms with Crippen molar-refractivity contribution in [3.05, 3.63) is 128 Å². The molecule has 5 aromatic rings. The Morgan fingerprint density at radius 2 is 1.11 bits per heavy atom. The first-order valence-electron chi connectivity index (χ1n) is 12.6. The fourth-order valence-corrected chi connectivity index (χ4v) is 5.03. The number of aryl methyl sites for hydroxylation is 1. The van der Waals surface area contributed by atoms with Crippen LogP contribution in [0.2, 0.25) is 0 Å². The summed E-state index contributed by atoms with van der Waals surface area (Å²) < 4.78 is 2.28. The maximum Gasteiger partial charge on any atom is 0.169 e. The number of hydrogen-bond acceptors (Lipinski definition) is 3. The monoisotopic (exact) mass is 469 g/mol. The van der Waals surface area contributed by atoms with Crippen molar-refractivity contribution in [1.29, 1.82) is 0 Å². The Bertz CT molecular complexity index is 1390. The summed E-state index contributed by atoms with van der Waals surface area (Å²) in [6.45, 7) is 1.98. The maximum absolute atomic E-state index is 4.11. The molecule has 6 rings (SSSR count). The molecule has 176 valence electrons. The van der Waals surface area contributed by atoms with Crippen molar-refractivity contribution in [1.82, 2.24) is 4.98 Å². The summed E-state index contributed by atoms with van der Waals surface area (Å²) in [7, 11) is 0. The SMILES string of the molecule is c1ccc(N2c3ccccc3N(CCCC[n+]3ccc(-c4ccncc4)cc3)c3ccccc32)cc1. The van der Waals surface area contributed by atoms with E-state index in [-0.39, 0.29) is 0 Å². The van der Waals surface area contributed by atoms with Crippen LogP contribution in [0.4, 0.5) is 28.4 Å². The molecular formula is C32H29N4+. The van der Waals surface area contributed by atoms with Gasteiger partial charge in [0.25, 0.3) is 0 Å². The zero-order chi connectivity index (χ0) is 24.2. The van der Waals surface area contributed by atoms with Crippen molar-refractivity contribution in [3.8, 4) is 11.1 Å². The number of benzene rings is 3. The number of hydrogen-bond donors (Lipinski definition) is 0. The second-order valence-corrected chi connectivity index (χ2v) is 9.07. The van der Waals surface area contributed by atoms with Gasteiger partial charge in [0.1, 0.15) is 6.54 Å². The van der Waals surface area contributed by atoms with E-state index in [2.05, 4.69) is 123 Å². The number of nitrogens with zero attached hydrogens (tertiary/aromatic N) is 4. The van der Waals surface area contributed by atoms with Crippen molar-refractivity contribution < 1.29 is 4.57 Å². The zero-order valence-corrected chi connectivity index (χ0v) is 20.2. The lowest BCUT2D eigenvalue weighted by atomic mass is 10.1. The van der Waals surface area contributed by atoms with Crippen LogP contribution >= 0.6 is 0 Å². The van der Waals surface area contributed by atoms with Crippen LogP contribution < -0.4 is 14.4 Å². The normalized spacial score (nSPS) is 12.2. The minimum atomic E-state index is 0.978. The van der Waals surface area contributed by atoms with Crippen LogP contribution in [0.3, 0.4) is 0 Å². The van der Waals surface area contributed by atoms with E-state index in [9.17, 15) is 0 Å². The standard InChI is InChI=1S/C32H29N4/c1-2-10-28(11-3-1)36-31-14-6-4-12-29(31)35(30-13-5-7-15-32(30)36)23-9-8-22-34-24-18-27(19-25-34)26-16-20-33-21-17-26/h1-7,10-21,24-25H,8-9,22-23H2/q+1. The largest absolute Gasteiger partial charge is 0.338 e. The maximum atomic E-state index is 4.11. The third-order valence-electron chi connectivity index (χ3n) is 6.79. The van der Waals surface area contributed by atoms with Crippen LogP contribution in [0.5, 0.6) is 0 Å². The molecule has 0 amide bonds. The van der Waals surface area contributed by atoms with Crippen LogP contribution in [-0.4, -0.2) is 11.5 Å². The van der Waals surface area contributed by atoms with Gasteiger partial charge in [-0.25, -0.2) is 4.57 Å². The molecule has 0 N–H and O–H groups in total. The summed E-state index contributed by atoms with van der Waals surface area (Å²) in [4.78, 5) is 8.98. The van der Waals surface area contributed by atoms with Gasteiger partial charge in [-0.15, -0.1) is 0 Å². The topological polar surface area (TPSA) is 23.2 Å². The lowest BCUT2D eigenvalue weighted by Crippen LogP contribution is -2.33. The number of aromatic nitrogens is 2. The summed E-state index contributed by atoms with van der Waals surface area (Å²) in [6, 6.07) is 36.6. The first-order chi connectivity index (χ1) is 17.9. The van der Waals surface area contributed by atoms with E-state index in [1.54, 1.807) is 0 Å². The van der Waals surface area contributed by atoms with Gasteiger partial charge in [-0.3, -0.25) is 4.98 Å². The molecule has 0 unspecified atom stereocenters. The average molecular weight is 470 g/mol. The number of anilines is 5. The van der Waals surface area contributed by atoms with Gasteiger partial charge in [0.2, 0.25) is 0 Å². The Kier molecular flexibility index (Phi) is 6.15. The molecule has 4 nitrogen and oxygen atoms in total. The average Bonchev–Trinajstić information content (AvgIpc) is 2.96. The molecule has 0 saturated heterocycles. The van der Waals surface area contributed by atoms with Gasteiger partial charge in [-0.2, -0.15) is 0 Å². The van der Waals surface area contributed by atoms with Gasteiger partial charge in [0.15, 0.2) is 12.4 Å². The highest BCUT2D eigenvalue weighted by Crippen LogP contribution is 2.50. The van der Waals surface area contributed by atoms with Crippen LogP contribution in [-0.2, 0) is 6.54 Å². The van der Waals surface area contributed by atoms with Crippen LogP contribution in [0, 0.1) is 0 Å². The Balaban J connectivity index is 1.18. The van der Waals surface area contributed by atoms with E-state index in [1.165, 1.54) is 39.6 Å². The molecule has 2 aromatic heterocycles. The molecule has 0 aliphatic carbocycles. The van der Waals surface area contributed by atoms with E-state index in [1.807, 2.05) is 24.5 Å². The molecular weight excluding hydrogens is 440 g/mol. The Labute approximate surface area is 212 Å². The van der Waals surface area contributed by atoms with Gasteiger partial charge in [0.05, 0.1) is 22.7 Å². The molecule has 0 bridgehead atoms. The van der Waals surface area contributed by atoms with Crippen LogP contribution in [0.25, 0.3) is 11.1 Å². The first-order valence-corrected chi connectivity index (χ1v) is 12.6. The smallest absolute Gasteiger partial charge is 0.169 e. The minimum Gasteiger partial charge on any atom is -0.338 e. The molecule has 36 heavy (non-hydrogen) atoms. The van der Waals surface area contributed by atoms with Crippen molar-refractivity contribution in [3.63, 3.8) is 0 Å². The third kappa shape index (κ3) is 4.34. The summed E-state index contributed by atoms with van der Waals surface area (Å²) >= 11 is 0. The molecule has 1 aliphatic heterocycles. The highest BCUT2D eigenvalue weighted by Gasteiger charge is 2.28. The van der Waals surface area contributed by atoms with E-state index in [0.29, 0.717) is 0 Å². The molecule has 3 heterocycles. The van der Waals surface area contributed by atoms with E-state index < -0.39 is 0 Å². The number of unbranched alkanes of at least 4 members (excludes halogenated alkanes) is 1. The fourth-order valence-electron chi connectivity index (χ4n) is 5.03. The van der Waals surface area contributed by atoms with E-state index in [0.717, 1.165) is 25.9 Å². The van der Waals surface area contributed by atoms with Crippen molar-refractivity contribution in [2.75, 3.05) is 16.3 Å². The number of fused-ring (bicyclic) bond motifs is 2. The Morgan fingerprint density at radius 3 is 1.75 bits per heavy atom. The van der Waals surface area contributed by atoms with Gasteiger partial charge < -0.3 is 9.80 Å².